The molecule has 6 atom stereocenters. The number of hydrogen-bond acceptors (Lipinski definition) is 10. The third kappa shape index (κ3) is 9.05. The molecule has 1 aliphatic heterocycles. The molecule has 4 rings (SSSR count). The predicted molar refractivity (Wildman–Crippen MR) is 176 cm³/mol. The second-order valence-corrected chi connectivity index (χ2v) is 12.2. The minimum Gasteiger partial charge on any atom is -0.480 e. The second kappa shape index (κ2) is 16.2. The third-order valence-corrected chi connectivity index (χ3v) is 8.20. The summed E-state index contributed by atoms with van der Waals surface area (Å²) >= 11 is 1.42. The highest BCUT2D eigenvalue weighted by atomic mass is 32.2. The minimum atomic E-state index is -1.30. The summed E-state index contributed by atoms with van der Waals surface area (Å²) < 4.78 is 6.60. The first kappa shape index (κ1) is 35.8. The molecule has 1 fully saturated rings. The molecule has 1 saturated heterocycles. The van der Waals surface area contributed by atoms with Gasteiger partial charge >= 0.3 is 17.7 Å². The number of hydrogen-bond donors (Lipinski definition) is 9. The number of aliphatic hydroxyl groups is 1. The van der Waals surface area contributed by atoms with E-state index in [2.05, 4.69) is 31.2 Å². The van der Waals surface area contributed by atoms with E-state index in [1.54, 1.807) is 6.20 Å². The Balaban J connectivity index is 1.38. The molecule has 1 aromatic carbocycles. The molecule has 10 N–H and O–H groups in total. The number of thioether (sulfide) groups is 1. The fourth-order valence-corrected chi connectivity index (χ4v) is 5.54. The van der Waals surface area contributed by atoms with Crippen LogP contribution < -0.4 is 38.2 Å². The number of amides is 4. The first-order valence-corrected chi connectivity index (χ1v) is 16.3. The quantitative estimate of drug-likeness (QED) is 0.101. The number of aliphatic hydroxyl groups excluding tert-OH is 1. The first-order valence-electron chi connectivity index (χ1n) is 14.9. The van der Waals surface area contributed by atoms with Gasteiger partial charge in [-0.25, -0.2) is 14.4 Å². The highest BCUT2D eigenvalue weighted by Crippen LogP contribution is 2.29. The molecule has 1 aliphatic rings. The molecule has 2 aromatic heterocycles. The molecule has 258 valence electrons. The van der Waals surface area contributed by atoms with E-state index in [0.29, 0.717) is 11.3 Å². The van der Waals surface area contributed by atoms with Crippen LogP contribution in [0.5, 0.6) is 0 Å². The van der Waals surface area contributed by atoms with E-state index in [-0.39, 0.29) is 25.0 Å². The van der Waals surface area contributed by atoms with Crippen molar-refractivity contribution in [3.63, 3.8) is 0 Å². The maximum absolute atomic E-state index is 13.3. The fourth-order valence-electron chi connectivity index (χ4n) is 5.07. The van der Waals surface area contributed by atoms with Crippen LogP contribution in [0.4, 0.5) is 4.79 Å². The highest BCUT2D eigenvalue weighted by Gasteiger charge is 2.34. The van der Waals surface area contributed by atoms with Gasteiger partial charge in [-0.3, -0.25) is 23.9 Å². The third-order valence-electron chi connectivity index (χ3n) is 7.55. The molecule has 0 spiro atoms. The highest BCUT2D eigenvalue weighted by molar-refractivity contribution is 7.98. The maximum Gasteiger partial charge on any atom is 0.331 e. The van der Waals surface area contributed by atoms with E-state index in [1.165, 1.54) is 31.1 Å². The Morgan fingerprint density at radius 1 is 1.12 bits per heavy atom. The van der Waals surface area contributed by atoms with Crippen LogP contribution in [-0.2, 0) is 25.5 Å². The van der Waals surface area contributed by atoms with Crippen LogP contribution in [-0.4, -0.2) is 90.8 Å². The number of rotatable bonds is 14. The zero-order valence-corrected chi connectivity index (χ0v) is 26.9. The van der Waals surface area contributed by atoms with Crippen molar-refractivity contribution in [2.75, 3.05) is 12.0 Å². The standard InChI is InChI=1S/C30H38N8O9S/c1-15(31)24(26(42)33-14-17-12-22(39)27(47-17)38-9-7-23(40)36-30(38)46)37-25(41)20(8-10-48-2)34-29(45)35-21(28(43)44)11-16-13-32-19-6-4-3-5-18(16)19/h3-7,9,13-15,20-22,24,27,32,39H,8,10-12,31H2,1-2H3,(H,33,42)(H,37,41)(H,43,44)(H2,34,35,45)(H,36,40,46). The van der Waals surface area contributed by atoms with Crippen molar-refractivity contribution < 1.29 is 34.1 Å². The topological polar surface area (TPSA) is 263 Å². The molecule has 48 heavy (non-hydrogen) atoms. The first-order chi connectivity index (χ1) is 22.9. The van der Waals surface area contributed by atoms with Crippen LogP contribution in [0.1, 0.15) is 31.6 Å². The molecule has 3 aromatic rings. The largest absolute Gasteiger partial charge is 0.480 e. The van der Waals surface area contributed by atoms with Gasteiger partial charge in [0.1, 0.15) is 30.0 Å². The molecule has 0 radical (unpaired) electrons. The van der Waals surface area contributed by atoms with Crippen LogP contribution >= 0.6 is 11.8 Å². The molecular formula is C30H38N8O9S. The summed E-state index contributed by atoms with van der Waals surface area (Å²) in [7, 11) is 0. The van der Waals surface area contributed by atoms with Crippen molar-refractivity contribution in [2.24, 2.45) is 5.73 Å². The average molecular weight is 687 g/mol. The number of benzene rings is 1. The van der Waals surface area contributed by atoms with Crippen LogP contribution in [0, 0.1) is 0 Å². The molecule has 6 unspecified atom stereocenters. The lowest BCUT2D eigenvalue weighted by Gasteiger charge is -2.25. The zero-order chi connectivity index (χ0) is 35.0. The number of para-hydroxylation sites is 1. The molecule has 4 amide bonds. The van der Waals surface area contributed by atoms with Crippen molar-refractivity contribution in [2.45, 2.75) is 62.7 Å². The van der Waals surface area contributed by atoms with Crippen molar-refractivity contribution in [3.8, 4) is 0 Å². The summed E-state index contributed by atoms with van der Waals surface area (Å²) in [4.78, 5) is 80.0. The van der Waals surface area contributed by atoms with Crippen LogP contribution in [0.3, 0.4) is 0 Å². The van der Waals surface area contributed by atoms with E-state index < -0.39 is 71.6 Å². The molecule has 18 heteroatoms. The van der Waals surface area contributed by atoms with Gasteiger partial charge in [-0.2, -0.15) is 11.8 Å². The van der Waals surface area contributed by atoms with Crippen molar-refractivity contribution in [1.82, 2.24) is 35.8 Å². The zero-order valence-electron chi connectivity index (χ0n) is 26.1. The van der Waals surface area contributed by atoms with E-state index in [4.69, 9.17) is 10.5 Å². The lowest BCUT2D eigenvalue weighted by Crippen LogP contribution is -2.60. The fraction of sp³-hybridized carbons (Fsp3) is 0.400. The van der Waals surface area contributed by atoms with Gasteiger partial charge in [0, 0.05) is 54.4 Å². The van der Waals surface area contributed by atoms with E-state index in [9.17, 15) is 39.0 Å². The van der Waals surface area contributed by atoms with Gasteiger partial charge in [0.15, 0.2) is 0 Å². The summed E-state index contributed by atoms with van der Waals surface area (Å²) in [6.07, 6.45) is 3.58. The van der Waals surface area contributed by atoms with Gasteiger partial charge in [-0.05, 0) is 37.0 Å². The normalized spacial score (nSPS) is 19.1. The Hall–Kier alpha value is -5.07. The van der Waals surface area contributed by atoms with E-state index >= 15 is 0 Å². The number of carboxylic acids is 1. The van der Waals surface area contributed by atoms with Gasteiger partial charge in [0.05, 0.1) is 0 Å². The van der Waals surface area contributed by atoms with Crippen LogP contribution in [0.2, 0.25) is 0 Å². The number of H-pyrrole nitrogens is 2. The summed E-state index contributed by atoms with van der Waals surface area (Å²) in [6.45, 7) is 1.49. The smallest absolute Gasteiger partial charge is 0.331 e. The minimum absolute atomic E-state index is 0.0139. The Kier molecular flexibility index (Phi) is 12.0. The number of nitrogens with zero attached hydrogens (tertiary/aromatic N) is 1. The second-order valence-electron chi connectivity index (χ2n) is 11.2. The Morgan fingerprint density at radius 3 is 2.54 bits per heavy atom. The SMILES string of the molecule is CSCCC(NC(=O)NC(Cc1c[nH]c2ccccc12)C(=O)O)C(=O)NC(C(=O)NC=C1CC(O)C(n2ccc(=O)[nH]c2=O)O1)C(C)N. The number of ether oxygens (including phenoxy) is 1. The Morgan fingerprint density at radius 2 is 1.85 bits per heavy atom. The molecule has 0 aliphatic carbocycles. The molecule has 17 nitrogen and oxygen atoms in total. The van der Waals surface area contributed by atoms with E-state index in [0.717, 1.165) is 21.5 Å². The van der Waals surface area contributed by atoms with Crippen molar-refractivity contribution in [1.29, 1.82) is 0 Å². The van der Waals surface area contributed by atoms with Crippen molar-refractivity contribution in [3.05, 3.63) is 81.1 Å². The van der Waals surface area contributed by atoms with Gasteiger partial charge in [-0.15, -0.1) is 0 Å². The molecule has 0 bridgehead atoms. The number of fused-ring (bicyclic) bond motifs is 1. The molecular weight excluding hydrogens is 648 g/mol. The van der Waals surface area contributed by atoms with Gasteiger partial charge < -0.3 is 46.9 Å². The molecule has 0 saturated carbocycles. The maximum atomic E-state index is 13.3. The number of urea groups is 1. The van der Waals surface area contributed by atoms with Gasteiger partial charge in [0.2, 0.25) is 18.0 Å². The number of aromatic amines is 2. The summed E-state index contributed by atoms with van der Waals surface area (Å²) in [5.74, 6) is -2.15. The monoisotopic (exact) mass is 686 g/mol. The summed E-state index contributed by atoms with van der Waals surface area (Å²) in [6, 6.07) is 2.94. The van der Waals surface area contributed by atoms with Crippen molar-refractivity contribution >= 4 is 46.5 Å². The summed E-state index contributed by atoms with van der Waals surface area (Å²) in [5.41, 5.74) is 6.12. The van der Waals surface area contributed by atoms with Gasteiger partial charge in [0.25, 0.3) is 5.56 Å². The number of aromatic nitrogens is 3. The van der Waals surface area contributed by atoms with Crippen LogP contribution in [0.15, 0.2) is 64.3 Å². The lowest BCUT2D eigenvalue weighted by molar-refractivity contribution is -0.139. The number of carbonyl (C=O) groups excluding carboxylic acids is 3. The number of nitrogens with one attached hydrogen (secondary N) is 6. The average Bonchev–Trinajstić information content (AvgIpc) is 3.62. The number of nitrogens with two attached hydrogens (primary N) is 1. The number of aliphatic carboxylic acids is 1. The molecule has 3 heterocycles. The Labute approximate surface area is 277 Å². The number of carboxylic acid groups (broad SMARTS) is 1. The van der Waals surface area contributed by atoms with E-state index in [1.807, 2.05) is 30.5 Å². The van der Waals surface area contributed by atoms with Crippen LogP contribution in [0.25, 0.3) is 10.9 Å². The predicted octanol–water partition coefficient (Wildman–Crippen LogP) is -0.796. The lowest BCUT2D eigenvalue weighted by atomic mass is 10.1. The van der Waals surface area contributed by atoms with Gasteiger partial charge in [-0.1, -0.05) is 18.2 Å². The summed E-state index contributed by atoms with van der Waals surface area (Å²) in [5, 5.41) is 31.0. The Bertz CT molecular complexity index is 1780. The number of carbonyl (C=O) groups is 4.